The summed E-state index contributed by atoms with van der Waals surface area (Å²) in [6, 6.07) is 0. The fraction of sp³-hybridized carbons (Fsp3) is 0.800. The van der Waals surface area contributed by atoms with Crippen molar-refractivity contribution >= 4 is 0 Å². The molecule has 0 bridgehead atoms. The van der Waals surface area contributed by atoms with Crippen LogP contribution in [0.25, 0.3) is 0 Å². The van der Waals surface area contributed by atoms with E-state index in [1.165, 1.54) is 5.57 Å². The number of aliphatic hydroxyl groups excluding tert-OH is 3. The highest BCUT2D eigenvalue weighted by Gasteiger charge is 2.62. The summed E-state index contributed by atoms with van der Waals surface area (Å²) in [7, 11) is 0. The van der Waals surface area contributed by atoms with Gasteiger partial charge in [-0.25, -0.2) is 0 Å². The van der Waals surface area contributed by atoms with Gasteiger partial charge in [0.2, 0.25) is 0 Å². The molecule has 0 spiro atoms. The van der Waals surface area contributed by atoms with Gasteiger partial charge in [-0.1, -0.05) is 32.1 Å². The fourth-order valence-electron chi connectivity index (χ4n) is 6.01. The van der Waals surface area contributed by atoms with Gasteiger partial charge in [0.15, 0.2) is 0 Å². The number of hydrogen-bond donors (Lipinski definition) is 3. The number of rotatable bonds is 2. The molecule has 7 atom stereocenters. The Morgan fingerprint density at radius 1 is 1.30 bits per heavy atom. The van der Waals surface area contributed by atoms with Crippen molar-refractivity contribution in [1.82, 2.24) is 0 Å². The van der Waals surface area contributed by atoms with Crippen LogP contribution in [0.3, 0.4) is 0 Å². The molecule has 0 aliphatic heterocycles. The second kappa shape index (κ2) is 5.72. The lowest BCUT2D eigenvalue weighted by atomic mass is 9.49. The molecule has 2 fully saturated rings. The second-order valence-electron chi connectivity index (χ2n) is 8.83. The van der Waals surface area contributed by atoms with E-state index < -0.39 is 17.6 Å². The predicted molar refractivity (Wildman–Crippen MR) is 91.8 cm³/mol. The molecule has 0 amide bonds. The van der Waals surface area contributed by atoms with Gasteiger partial charge in [-0.15, -0.1) is 0 Å². The first-order valence-corrected chi connectivity index (χ1v) is 9.06. The fourth-order valence-corrected chi connectivity index (χ4v) is 6.01. The summed E-state index contributed by atoms with van der Waals surface area (Å²) in [6.45, 7) is 10.6. The number of allylic oxidation sites excluding steroid dienone is 1. The summed E-state index contributed by atoms with van der Waals surface area (Å²) < 4.78 is 0. The Morgan fingerprint density at radius 2 is 2.00 bits per heavy atom. The third kappa shape index (κ3) is 2.43. The van der Waals surface area contributed by atoms with Gasteiger partial charge in [0.05, 0.1) is 18.8 Å². The van der Waals surface area contributed by atoms with Crippen LogP contribution < -0.4 is 0 Å². The zero-order chi connectivity index (χ0) is 17.0. The van der Waals surface area contributed by atoms with Gasteiger partial charge in [0.25, 0.3) is 0 Å². The SMILES string of the molecule is C=C(CO)[C@@H]1CC[C@]2(C)C[C@@H](O)[C@]3(C)[C@@H](O)C=C(C)CC[C@H]3[C@@H]12. The highest BCUT2D eigenvalue weighted by atomic mass is 16.3. The zero-order valence-corrected chi connectivity index (χ0v) is 14.8. The van der Waals surface area contributed by atoms with Crippen LogP contribution in [0.2, 0.25) is 0 Å². The summed E-state index contributed by atoms with van der Waals surface area (Å²) in [5.41, 5.74) is 1.74. The second-order valence-corrected chi connectivity index (χ2v) is 8.83. The molecule has 2 saturated carbocycles. The first-order chi connectivity index (χ1) is 10.7. The number of fused-ring (bicyclic) bond motifs is 3. The van der Waals surface area contributed by atoms with E-state index in [0.29, 0.717) is 11.8 Å². The maximum Gasteiger partial charge on any atom is 0.0804 e. The van der Waals surface area contributed by atoms with Crippen LogP contribution in [-0.2, 0) is 0 Å². The molecular formula is C20H32O3. The van der Waals surface area contributed by atoms with Crippen molar-refractivity contribution in [3.8, 4) is 0 Å². The Kier molecular flexibility index (Phi) is 4.27. The summed E-state index contributed by atoms with van der Waals surface area (Å²) in [5, 5.41) is 31.5. The largest absolute Gasteiger partial charge is 0.392 e. The van der Waals surface area contributed by atoms with E-state index in [1.54, 1.807) is 0 Å². The van der Waals surface area contributed by atoms with E-state index >= 15 is 0 Å². The molecule has 3 aliphatic carbocycles. The topological polar surface area (TPSA) is 60.7 Å². The minimum Gasteiger partial charge on any atom is -0.392 e. The molecule has 3 rings (SSSR count). The molecule has 0 aromatic rings. The maximum atomic E-state index is 11.0. The molecule has 0 aromatic heterocycles. The average molecular weight is 320 g/mol. The smallest absolute Gasteiger partial charge is 0.0804 e. The average Bonchev–Trinajstić information content (AvgIpc) is 2.77. The van der Waals surface area contributed by atoms with Crippen LogP contribution in [0.4, 0.5) is 0 Å². The van der Waals surface area contributed by atoms with Gasteiger partial charge >= 0.3 is 0 Å². The number of hydrogen-bond acceptors (Lipinski definition) is 3. The summed E-state index contributed by atoms with van der Waals surface area (Å²) in [5.74, 6) is 0.965. The Morgan fingerprint density at radius 3 is 2.65 bits per heavy atom. The Hall–Kier alpha value is -0.640. The Labute approximate surface area is 140 Å². The van der Waals surface area contributed by atoms with Gasteiger partial charge in [0.1, 0.15) is 0 Å². The normalized spacial score (nSPS) is 49.8. The van der Waals surface area contributed by atoms with Gasteiger partial charge in [-0.05, 0) is 67.8 Å². The molecule has 0 unspecified atom stereocenters. The van der Waals surface area contributed by atoms with Crippen molar-refractivity contribution in [1.29, 1.82) is 0 Å². The van der Waals surface area contributed by atoms with E-state index in [2.05, 4.69) is 27.4 Å². The van der Waals surface area contributed by atoms with E-state index in [4.69, 9.17) is 0 Å². The molecule has 0 radical (unpaired) electrons. The third-order valence-corrected chi connectivity index (χ3v) is 7.53. The summed E-state index contributed by atoms with van der Waals surface area (Å²) in [6.07, 6.45) is 5.72. The molecule has 23 heavy (non-hydrogen) atoms. The Balaban J connectivity index is 2.05. The van der Waals surface area contributed by atoms with E-state index in [1.807, 2.05) is 6.08 Å². The van der Waals surface area contributed by atoms with Crippen molar-refractivity contribution in [2.75, 3.05) is 6.61 Å². The molecule has 0 saturated heterocycles. The Bertz CT molecular complexity index is 525. The molecule has 130 valence electrons. The minimum atomic E-state index is -0.599. The molecule has 3 nitrogen and oxygen atoms in total. The molecule has 3 aliphatic rings. The van der Waals surface area contributed by atoms with E-state index in [9.17, 15) is 15.3 Å². The van der Waals surface area contributed by atoms with E-state index in [-0.39, 0.29) is 17.9 Å². The minimum absolute atomic E-state index is 0.0447. The first-order valence-electron chi connectivity index (χ1n) is 9.06. The van der Waals surface area contributed by atoms with Gasteiger partial charge < -0.3 is 15.3 Å². The van der Waals surface area contributed by atoms with Crippen molar-refractivity contribution in [3.05, 3.63) is 23.8 Å². The molecule has 3 heteroatoms. The lowest BCUT2D eigenvalue weighted by molar-refractivity contribution is -0.162. The first kappa shape index (κ1) is 17.2. The van der Waals surface area contributed by atoms with Crippen LogP contribution in [-0.4, -0.2) is 34.1 Å². The molecule has 0 heterocycles. The van der Waals surface area contributed by atoms with Crippen LogP contribution in [0.5, 0.6) is 0 Å². The van der Waals surface area contributed by atoms with Gasteiger partial charge in [-0.2, -0.15) is 0 Å². The van der Waals surface area contributed by atoms with Gasteiger partial charge in [-0.3, -0.25) is 0 Å². The molecular weight excluding hydrogens is 288 g/mol. The van der Waals surface area contributed by atoms with E-state index in [0.717, 1.165) is 37.7 Å². The lowest BCUT2D eigenvalue weighted by Crippen LogP contribution is -2.58. The summed E-state index contributed by atoms with van der Waals surface area (Å²) in [4.78, 5) is 0. The summed E-state index contributed by atoms with van der Waals surface area (Å²) >= 11 is 0. The maximum absolute atomic E-state index is 11.0. The van der Waals surface area contributed by atoms with Crippen molar-refractivity contribution in [2.45, 2.75) is 65.1 Å². The highest BCUT2D eigenvalue weighted by Crippen LogP contribution is 2.65. The third-order valence-electron chi connectivity index (χ3n) is 7.53. The van der Waals surface area contributed by atoms with Crippen LogP contribution >= 0.6 is 0 Å². The quantitative estimate of drug-likeness (QED) is 0.685. The van der Waals surface area contributed by atoms with Crippen LogP contribution in [0.1, 0.15) is 52.9 Å². The molecule has 0 aromatic carbocycles. The van der Waals surface area contributed by atoms with Crippen LogP contribution in [0.15, 0.2) is 23.8 Å². The molecule has 3 N–H and O–H groups in total. The van der Waals surface area contributed by atoms with Crippen LogP contribution in [0, 0.1) is 28.6 Å². The highest BCUT2D eigenvalue weighted by molar-refractivity contribution is 5.21. The standard InChI is InChI=1S/C20H32O3/c1-12-5-6-15-18-14(13(2)11-21)7-8-19(18,3)10-17(23)20(15,4)16(22)9-12/h9,14-18,21-23H,2,5-8,10-11H2,1,3-4H3/t14-,15-,16-,17+,18+,19+,20-/m0/s1. The van der Waals surface area contributed by atoms with Crippen molar-refractivity contribution < 1.29 is 15.3 Å². The van der Waals surface area contributed by atoms with Gasteiger partial charge in [0, 0.05) is 5.41 Å². The van der Waals surface area contributed by atoms with Crippen molar-refractivity contribution in [3.63, 3.8) is 0 Å². The number of aliphatic hydroxyl groups is 3. The lowest BCUT2D eigenvalue weighted by Gasteiger charge is -2.57. The monoisotopic (exact) mass is 320 g/mol. The predicted octanol–water partition coefficient (Wildman–Crippen LogP) is 3.06. The zero-order valence-electron chi connectivity index (χ0n) is 14.8. The van der Waals surface area contributed by atoms with Crippen molar-refractivity contribution in [2.24, 2.45) is 28.6 Å².